The predicted octanol–water partition coefficient (Wildman–Crippen LogP) is 5.29. The zero-order chi connectivity index (χ0) is 20.9. The first-order valence-corrected chi connectivity index (χ1v) is 10.6. The molecule has 0 heterocycles. The van der Waals surface area contributed by atoms with Crippen LogP contribution in [0, 0.1) is 29.1 Å². The Morgan fingerprint density at radius 1 is 1.36 bits per heavy atom. The summed E-state index contributed by atoms with van der Waals surface area (Å²) < 4.78 is 17.9. The van der Waals surface area contributed by atoms with Gasteiger partial charge in [-0.25, -0.2) is 0 Å². The average molecular weight is 391 g/mol. The van der Waals surface area contributed by atoms with Gasteiger partial charge in [-0.2, -0.15) is 0 Å². The van der Waals surface area contributed by atoms with E-state index in [1.165, 1.54) is 0 Å². The van der Waals surface area contributed by atoms with E-state index in [2.05, 4.69) is 40.0 Å². The molecule has 0 aromatic carbocycles. The van der Waals surface area contributed by atoms with Crippen LogP contribution in [-0.2, 0) is 19.0 Å². The van der Waals surface area contributed by atoms with E-state index in [4.69, 9.17) is 14.2 Å². The topological polar surface area (TPSA) is 44.8 Å². The number of ether oxygens (including phenoxy) is 3. The van der Waals surface area contributed by atoms with Crippen molar-refractivity contribution >= 4 is 5.97 Å². The van der Waals surface area contributed by atoms with E-state index in [9.17, 15) is 4.79 Å². The molecule has 0 aromatic heterocycles. The first-order valence-electron chi connectivity index (χ1n) is 10.6. The lowest BCUT2D eigenvalue weighted by Crippen LogP contribution is -2.37. The summed E-state index contributed by atoms with van der Waals surface area (Å²) in [7, 11) is 1.70. The normalized spacial score (nSPS) is 28.9. The predicted molar refractivity (Wildman–Crippen MR) is 112 cm³/mol. The molecule has 2 rings (SSSR count). The number of carbonyl (C=O) groups excluding carboxylic acids is 1. The maximum atomic E-state index is 12.7. The fourth-order valence-corrected chi connectivity index (χ4v) is 4.44. The lowest BCUT2D eigenvalue weighted by molar-refractivity contribution is -0.163. The Bertz CT molecular complexity index is 609. The summed E-state index contributed by atoms with van der Waals surface area (Å²) >= 11 is 0. The maximum absolute atomic E-state index is 12.7. The molecule has 1 fully saturated rings. The Morgan fingerprint density at radius 3 is 2.68 bits per heavy atom. The van der Waals surface area contributed by atoms with Crippen LogP contribution in [0.4, 0.5) is 0 Å². The Hall–Kier alpha value is -1.51. The van der Waals surface area contributed by atoms with Gasteiger partial charge < -0.3 is 14.2 Å². The molecule has 4 heteroatoms. The van der Waals surface area contributed by atoms with Gasteiger partial charge in [-0.1, -0.05) is 46.4 Å². The molecular weight excluding hydrogens is 352 g/mol. The number of hydrogen-bond acceptors (Lipinski definition) is 4. The highest BCUT2D eigenvalue weighted by Gasteiger charge is 2.49. The van der Waals surface area contributed by atoms with Gasteiger partial charge >= 0.3 is 5.97 Å². The van der Waals surface area contributed by atoms with Crippen LogP contribution < -0.4 is 0 Å². The van der Waals surface area contributed by atoms with Crippen LogP contribution in [0.15, 0.2) is 30.2 Å². The van der Waals surface area contributed by atoms with Crippen LogP contribution in [-0.4, -0.2) is 31.9 Å². The van der Waals surface area contributed by atoms with Crippen molar-refractivity contribution < 1.29 is 19.0 Å². The first kappa shape index (κ1) is 22.8. The molecule has 0 amide bonds. The number of hydrogen-bond donors (Lipinski definition) is 0. The van der Waals surface area contributed by atoms with Crippen molar-refractivity contribution in [3.8, 4) is 0 Å². The summed E-state index contributed by atoms with van der Waals surface area (Å²) in [6.07, 6.45) is 7.00. The van der Waals surface area contributed by atoms with Crippen LogP contribution >= 0.6 is 0 Å². The van der Waals surface area contributed by atoms with Gasteiger partial charge in [0.1, 0.15) is 18.0 Å². The van der Waals surface area contributed by atoms with Gasteiger partial charge in [-0.3, -0.25) is 4.79 Å². The zero-order valence-corrected chi connectivity index (χ0v) is 18.5. The van der Waals surface area contributed by atoms with Crippen molar-refractivity contribution in [2.24, 2.45) is 29.1 Å². The van der Waals surface area contributed by atoms with E-state index in [0.717, 1.165) is 31.4 Å². The van der Waals surface area contributed by atoms with E-state index < -0.39 is 0 Å². The molecular formula is C24H38O4. The fourth-order valence-electron chi connectivity index (χ4n) is 4.44. The third-order valence-corrected chi connectivity index (χ3v) is 5.68. The third-order valence-electron chi connectivity index (χ3n) is 5.68. The van der Waals surface area contributed by atoms with Gasteiger partial charge in [0.25, 0.3) is 0 Å². The molecule has 6 atom stereocenters. The van der Waals surface area contributed by atoms with Crippen LogP contribution in [0.25, 0.3) is 0 Å². The van der Waals surface area contributed by atoms with E-state index >= 15 is 0 Å². The second-order valence-corrected chi connectivity index (χ2v) is 9.76. The zero-order valence-electron chi connectivity index (χ0n) is 18.5. The molecule has 2 aliphatic rings. The minimum atomic E-state index is -0.229. The summed E-state index contributed by atoms with van der Waals surface area (Å²) in [6.45, 7) is 15.0. The van der Waals surface area contributed by atoms with Gasteiger partial charge in [0, 0.05) is 13.0 Å². The quantitative estimate of drug-likeness (QED) is 0.305. The van der Waals surface area contributed by atoms with Gasteiger partial charge in [0.05, 0.1) is 18.4 Å². The van der Waals surface area contributed by atoms with Gasteiger partial charge in [-0.15, -0.1) is 6.58 Å². The monoisotopic (exact) mass is 390 g/mol. The SMILES string of the molecule is C=CCC(C)COC1=C=CCC2CC1C(OC)C2OC(=O)C(C)CC(C)(C)C. The molecule has 1 saturated carbocycles. The van der Waals surface area contributed by atoms with E-state index in [-0.39, 0.29) is 41.3 Å². The number of methoxy groups -OCH3 is 1. The van der Waals surface area contributed by atoms with Crippen molar-refractivity contribution in [2.75, 3.05) is 13.7 Å². The smallest absolute Gasteiger partial charge is 0.309 e. The Kier molecular flexibility index (Phi) is 7.97. The van der Waals surface area contributed by atoms with Gasteiger partial charge in [0.2, 0.25) is 0 Å². The molecule has 0 aromatic rings. The molecule has 0 N–H and O–H groups in total. The van der Waals surface area contributed by atoms with E-state index in [1.807, 2.05) is 19.1 Å². The number of esters is 1. The van der Waals surface area contributed by atoms with Crippen molar-refractivity contribution in [3.05, 3.63) is 30.2 Å². The minimum absolute atomic E-state index is 0.0837. The number of rotatable bonds is 9. The third kappa shape index (κ3) is 5.99. The summed E-state index contributed by atoms with van der Waals surface area (Å²) in [6, 6.07) is 0. The highest BCUT2D eigenvalue weighted by Crippen LogP contribution is 2.43. The van der Waals surface area contributed by atoms with Crippen LogP contribution in [0.3, 0.4) is 0 Å². The molecule has 2 aliphatic carbocycles. The lowest BCUT2D eigenvalue weighted by atomic mass is 9.85. The summed E-state index contributed by atoms with van der Waals surface area (Å²) in [5.74, 6) is 1.33. The Balaban J connectivity index is 2.05. The summed E-state index contributed by atoms with van der Waals surface area (Å²) in [4.78, 5) is 12.7. The van der Waals surface area contributed by atoms with Crippen LogP contribution in [0.1, 0.15) is 60.3 Å². The van der Waals surface area contributed by atoms with Crippen molar-refractivity contribution in [1.29, 1.82) is 0 Å². The van der Waals surface area contributed by atoms with Crippen molar-refractivity contribution in [3.63, 3.8) is 0 Å². The molecule has 2 bridgehead atoms. The first-order chi connectivity index (χ1) is 13.2. The Labute approximate surface area is 171 Å². The fraction of sp³-hybridized carbons (Fsp3) is 0.750. The molecule has 0 spiro atoms. The number of fused-ring (bicyclic) bond motifs is 2. The number of carbonyl (C=O) groups is 1. The molecule has 158 valence electrons. The average Bonchev–Trinajstić information content (AvgIpc) is 2.79. The lowest BCUT2D eigenvalue weighted by Gasteiger charge is -2.29. The van der Waals surface area contributed by atoms with E-state index in [1.54, 1.807) is 7.11 Å². The highest BCUT2D eigenvalue weighted by molar-refractivity contribution is 5.72. The molecule has 6 unspecified atom stereocenters. The molecule has 0 saturated heterocycles. The molecule has 4 nitrogen and oxygen atoms in total. The highest BCUT2D eigenvalue weighted by atomic mass is 16.6. The van der Waals surface area contributed by atoms with E-state index in [0.29, 0.717) is 12.5 Å². The van der Waals surface area contributed by atoms with Gasteiger partial charge in [0.15, 0.2) is 0 Å². The summed E-state index contributed by atoms with van der Waals surface area (Å²) in [5.41, 5.74) is 3.42. The van der Waals surface area contributed by atoms with Crippen molar-refractivity contribution in [1.82, 2.24) is 0 Å². The maximum Gasteiger partial charge on any atom is 0.309 e. The van der Waals surface area contributed by atoms with Crippen LogP contribution in [0.5, 0.6) is 0 Å². The largest absolute Gasteiger partial charge is 0.489 e. The minimum Gasteiger partial charge on any atom is -0.489 e. The standard InChI is InChI=1S/C24H38O4/c1-8-10-16(2)15-27-20-12-9-11-18-13-19(20)22(26-7)21(18)28-23(25)17(3)14-24(4,5)6/h8-9,16-19,21-22H,1,10-11,13-15H2,2-7H3. The second kappa shape index (κ2) is 9.80. The van der Waals surface area contributed by atoms with Gasteiger partial charge in [-0.05, 0) is 43.1 Å². The Morgan fingerprint density at radius 2 is 2.07 bits per heavy atom. The summed E-state index contributed by atoms with van der Waals surface area (Å²) in [5, 5.41) is 0. The number of allylic oxidation sites excluding steroid dienone is 1. The molecule has 0 aliphatic heterocycles. The second-order valence-electron chi connectivity index (χ2n) is 9.76. The molecule has 28 heavy (non-hydrogen) atoms. The van der Waals surface area contributed by atoms with Crippen molar-refractivity contribution in [2.45, 2.75) is 72.5 Å². The molecule has 0 radical (unpaired) electrons. The van der Waals surface area contributed by atoms with Crippen LogP contribution in [0.2, 0.25) is 0 Å².